The summed E-state index contributed by atoms with van der Waals surface area (Å²) in [6.45, 7) is 4.38. The summed E-state index contributed by atoms with van der Waals surface area (Å²) in [6.07, 6.45) is 6.09. The monoisotopic (exact) mass is 424 g/mol. The highest BCUT2D eigenvalue weighted by Gasteiger charge is 2.26. The van der Waals surface area contributed by atoms with E-state index in [9.17, 15) is 10.1 Å². The minimum Gasteiger partial charge on any atom is -0.397 e. The van der Waals surface area contributed by atoms with Crippen molar-refractivity contribution in [2.75, 3.05) is 11.1 Å². The number of hydrogen-bond donors (Lipinski definition) is 2. The largest absolute Gasteiger partial charge is 0.397 e. The van der Waals surface area contributed by atoms with Crippen LogP contribution in [0.5, 0.6) is 0 Å². The number of unbranched alkanes of at least 4 members (excludes halogenated alkanes) is 1. The maximum Gasteiger partial charge on any atom is 0.268 e. The molecule has 3 heterocycles. The fraction of sp³-hybridized carbons (Fsp3) is 0.409. The number of amides is 1. The fourth-order valence-corrected chi connectivity index (χ4v) is 6.18. The van der Waals surface area contributed by atoms with Gasteiger partial charge in [0.15, 0.2) is 0 Å². The highest BCUT2D eigenvalue weighted by atomic mass is 32.1. The van der Waals surface area contributed by atoms with Gasteiger partial charge in [-0.15, -0.1) is 22.7 Å². The molecule has 7 heteroatoms. The van der Waals surface area contributed by atoms with E-state index in [1.807, 2.05) is 12.1 Å². The van der Waals surface area contributed by atoms with Gasteiger partial charge in [0, 0.05) is 16.0 Å². The third-order valence-corrected chi connectivity index (χ3v) is 7.78. The van der Waals surface area contributed by atoms with Crippen LogP contribution in [0.25, 0.3) is 10.2 Å². The Kier molecular flexibility index (Phi) is 5.57. The third kappa shape index (κ3) is 3.75. The zero-order chi connectivity index (χ0) is 20.5. The third-order valence-electron chi connectivity index (χ3n) is 5.49. The summed E-state index contributed by atoms with van der Waals surface area (Å²) in [5.74, 6) is 0.353. The van der Waals surface area contributed by atoms with E-state index in [4.69, 9.17) is 5.73 Å². The Balaban J connectivity index is 1.63. The van der Waals surface area contributed by atoms with Crippen molar-refractivity contribution >= 4 is 49.5 Å². The number of nitrogen functional groups attached to an aromatic ring is 1. The van der Waals surface area contributed by atoms with Crippen LogP contribution in [0.1, 0.15) is 64.5 Å². The predicted octanol–water partition coefficient (Wildman–Crippen LogP) is 5.53. The van der Waals surface area contributed by atoms with Gasteiger partial charge in [-0.25, -0.2) is 4.98 Å². The van der Waals surface area contributed by atoms with Crippen LogP contribution in [0.4, 0.5) is 10.7 Å². The van der Waals surface area contributed by atoms with E-state index in [-0.39, 0.29) is 5.91 Å². The molecule has 0 spiro atoms. The first-order chi connectivity index (χ1) is 14.0. The van der Waals surface area contributed by atoms with Crippen LogP contribution < -0.4 is 11.1 Å². The predicted molar refractivity (Wildman–Crippen MR) is 121 cm³/mol. The standard InChI is InChI=1S/C22H24N4OS2/c1-3-4-5-13-7-9-15-18(24)19(29-21(15)25-13)20(27)26-22-16(11-23)14-8-6-12(2)10-17(14)28-22/h7,9,12H,3-6,8,10,24H2,1-2H3,(H,26,27). The number of carbonyl (C=O) groups excluding carboxylic acids is 1. The van der Waals surface area contributed by atoms with Gasteiger partial charge >= 0.3 is 0 Å². The number of rotatable bonds is 5. The number of nitriles is 1. The van der Waals surface area contributed by atoms with Crippen molar-refractivity contribution in [1.29, 1.82) is 5.26 Å². The van der Waals surface area contributed by atoms with Crippen molar-refractivity contribution in [3.8, 4) is 6.07 Å². The van der Waals surface area contributed by atoms with Gasteiger partial charge in [0.2, 0.25) is 0 Å². The second-order valence-corrected chi connectivity index (χ2v) is 9.83. The van der Waals surface area contributed by atoms with Gasteiger partial charge in [0.1, 0.15) is 20.8 Å². The number of pyridine rings is 1. The van der Waals surface area contributed by atoms with Crippen LogP contribution in [0, 0.1) is 17.2 Å². The van der Waals surface area contributed by atoms with Crippen molar-refractivity contribution < 1.29 is 4.79 Å². The van der Waals surface area contributed by atoms with Gasteiger partial charge in [0.25, 0.3) is 5.91 Å². The molecule has 1 amide bonds. The van der Waals surface area contributed by atoms with Gasteiger partial charge in [-0.3, -0.25) is 4.79 Å². The lowest BCUT2D eigenvalue weighted by Gasteiger charge is -2.17. The van der Waals surface area contributed by atoms with Crippen LogP contribution in [-0.2, 0) is 19.3 Å². The minimum atomic E-state index is -0.260. The van der Waals surface area contributed by atoms with E-state index < -0.39 is 0 Å². The normalized spacial score (nSPS) is 15.8. The molecule has 5 nitrogen and oxygen atoms in total. The summed E-state index contributed by atoms with van der Waals surface area (Å²) in [5.41, 5.74) is 9.49. The maximum absolute atomic E-state index is 13.0. The van der Waals surface area contributed by atoms with E-state index in [1.165, 1.54) is 27.6 Å². The van der Waals surface area contributed by atoms with Crippen LogP contribution in [-0.4, -0.2) is 10.9 Å². The minimum absolute atomic E-state index is 0.260. The molecule has 0 saturated carbocycles. The average molecular weight is 425 g/mol. The molecule has 3 aromatic rings. The molecular weight excluding hydrogens is 400 g/mol. The molecule has 1 atom stereocenters. The molecule has 3 N–H and O–H groups in total. The van der Waals surface area contributed by atoms with Gasteiger partial charge in [-0.1, -0.05) is 20.3 Å². The molecule has 150 valence electrons. The second kappa shape index (κ2) is 8.13. The van der Waals surface area contributed by atoms with Gasteiger partial charge in [-0.05, 0) is 55.7 Å². The van der Waals surface area contributed by atoms with Crippen molar-refractivity contribution in [2.45, 2.75) is 52.4 Å². The van der Waals surface area contributed by atoms with Gasteiger partial charge in [-0.2, -0.15) is 5.26 Å². The molecule has 29 heavy (non-hydrogen) atoms. The molecular formula is C22H24N4OS2. The number of hydrogen-bond acceptors (Lipinski definition) is 6. The summed E-state index contributed by atoms with van der Waals surface area (Å²) in [6, 6.07) is 6.25. The number of thiophene rings is 2. The Morgan fingerprint density at radius 3 is 3.00 bits per heavy atom. The van der Waals surface area contributed by atoms with Crippen molar-refractivity contribution in [3.63, 3.8) is 0 Å². The van der Waals surface area contributed by atoms with Crippen LogP contribution in [0.2, 0.25) is 0 Å². The fourth-order valence-electron chi connectivity index (χ4n) is 3.82. The summed E-state index contributed by atoms with van der Waals surface area (Å²) in [4.78, 5) is 20.2. The first-order valence-electron chi connectivity index (χ1n) is 10.1. The number of aromatic nitrogens is 1. The van der Waals surface area contributed by atoms with Gasteiger partial charge < -0.3 is 11.1 Å². The molecule has 0 aromatic carbocycles. The lowest BCUT2D eigenvalue weighted by atomic mass is 9.89. The number of nitrogens with two attached hydrogens (primary N) is 1. The number of nitrogens with one attached hydrogen (secondary N) is 1. The Labute approximate surface area is 178 Å². The molecule has 0 fully saturated rings. The second-order valence-electron chi connectivity index (χ2n) is 7.73. The molecule has 0 saturated heterocycles. The zero-order valence-corrected chi connectivity index (χ0v) is 18.3. The van der Waals surface area contributed by atoms with Gasteiger partial charge in [0.05, 0.1) is 11.3 Å². The Morgan fingerprint density at radius 2 is 2.24 bits per heavy atom. The van der Waals surface area contributed by atoms with E-state index in [0.717, 1.165) is 60.0 Å². The molecule has 1 aliphatic rings. The van der Waals surface area contributed by atoms with E-state index >= 15 is 0 Å². The highest BCUT2D eigenvalue weighted by Crippen LogP contribution is 2.40. The quantitative estimate of drug-likeness (QED) is 0.563. The lowest BCUT2D eigenvalue weighted by Crippen LogP contribution is -2.12. The molecule has 1 unspecified atom stereocenters. The molecule has 4 rings (SSSR count). The summed E-state index contributed by atoms with van der Waals surface area (Å²) >= 11 is 2.85. The molecule has 0 radical (unpaired) electrons. The van der Waals surface area contributed by atoms with Crippen LogP contribution in [0.3, 0.4) is 0 Å². The lowest BCUT2D eigenvalue weighted by molar-refractivity contribution is 0.103. The van der Waals surface area contributed by atoms with Crippen LogP contribution in [0.15, 0.2) is 12.1 Å². The van der Waals surface area contributed by atoms with E-state index in [0.29, 0.717) is 27.0 Å². The number of fused-ring (bicyclic) bond motifs is 2. The summed E-state index contributed by atoms with van der Waals surface area (Å²) in [5, 5.41) is 14.1. The van der Waals surface area contributed by atoms with Crippen molar-refractivity contribution in [2.24, 2.45) is 5.92 Å². The van der Waals surface area contributed by atoms with Crippen molar-refractivity contribution in [1.82, 2.24) is 4.98 Å². The molecule has 0 bridgehead atoms. The zero-order valence-electron chi connectivity index (χ0n) is 16.7. The smallest absolute Gasteiger partial charge is 0.268 e. The number of aryl methyl sites for hydroxylation is 1. The molecule has 3 aromatic heterocycles. The maximum atomic E-state index is 13.0. The van der Waals surface area contributed by atoms with Crippen LogP contribution >= 0.6 is 22.7 Å². The first-order valence-corrected chi connectivity index (χ1v) is 11.7. The SMILES string of the molecule is CCCCc1ccc2c(N)c(C(=O)Nc3sc4c(c3C#N)CCC(C)C4)sc2n1. The van der Waals surface area contributed by atoms with E-state index in [2.05, 4.69) is 30.2 Å². The molecule has 1 aliphatic carbocycles. The number of anilines is 2. The van der Waals surface area contributed by atoms with E-state index in [1.54, 1.807) is 0 Å². The number of nitrogens with zero attached hydrogens (tertiary/aromatic N) is 2. The van der Waals surface area contributed by atoms with Crippen molar-refractivity contribution in [3.05, 3.63) is 38.7 Å². The summed E-state index contributed by atoms with van der Waals surface area (Å²) in [7, 11) is 0. The Morgan fingerprint density at radius 1 is 1.41 bits per heavy atom. The first kappa shape index (κ1) is 19.9. The topological polar surface area (TPSA) is 91.8 Å². The highest BCUT2D eigenvalue weighted by molar-refractivity contribution is 7.21. The Hall–Kier alpha value is -2.43. The molecule has 0 aliphatic heterocycles. The summed E-state index contributed by atoms with van der Waals surface area (Å²) < 4.78 is 0. The number of carbonyl (C=O) groups is 1. The average Bonchev–Trinajstić information content (AvgIpc) is 3.22. The Bertz CT molecular complexity index is 1120.